The molecule has 6 nitrogen and oxygen atoms in total. The van der Waals surface area contributed by atoms with Crippen LogP contribution in [0.5, 0.6) is 5.75 Å². The number of aryl methyl sites for hydroxylation is 2. The Morgan fingerprint density at radius 3 is 2.70 bits per heavy atom. The van der Waals surface area contributed by atoms with Crippen molar-refractivity contribution in [2.24, 2.45) is 0 Å². The van der Waals surface area contributed by atoms with Crippen molar-refractivity contribution < 1.29 is 9.15 Å². The first-order valence-corrected chi connectivity index (χ1v) is 11.6. The maximum atomic E-state index is 5.95. The minimum absolute atomic E-state index is 0.414. The topological polar surface area (TPSA) is 73.9 Å². The first-order chi connectivity index (χ1) is 14.6. The second kappa shape index (κ2) is 7.82. The Morgan fingerprint density at radius 2 is 1.90 bits per heavy atom. The fourth-order valence-electron chi connectivity index (χ4n) is 3.07. The summed E-state index contributed by atoms with van der Waals surface area (Å²) in [6, 6.07) is 11.6. The molecule has 5 rings (SSSR count). The molecule has 0 bridgehead atoms. The fourth-order valence-corrected chi connectivity index (χ4v) is 5.67. The molecule has 4 aromatic heterocycles. The molecule has 0 saturated carbocycles. The van der Waals surface area contributed by atoms with Crippen molar-refractivity contribution in [3.63, 3.8) is 0 Å². The quantitative estimate of drug-likeness (QED) is 0.292. The Balaban J connectivity index is 1.58. The molecule has 0 saturated heterocycles. The number of hydrogen-bond acceptors (Lipinski definition) is 9. The zero-order chi connectivity index (χ0) is 20.7. The van der Waals surface area contributed by atoms with E-state index in [1.165, 1.54) is 22.2 Å². The van der Waals surface area contributed by atoms with E-state index in [4.69, 9.17) is 19.1 Å². The maximum Gasteiger partial charge on any atom is 0.283 e. The highest BCUT2D eigenvalue weighted by Crippen LogP contribution is 2.40. The average Bonchev–Trinajstić information content (AvgIpc) is 3.50. The van der Waals surface area contributed by atoms with Gasteiger partial charge in [0.1, 0.15) is 15.6 Å². The van der Waals surface area contributed by atoms with E-state index >= 15 is 0 Å². The molecule has 0 fully saturated rings. The molecular formula is C21H16N4O2S3. The monoisotopic (exact) mass is 452 g/mol. The largest absolute Gasteiger partial charge is 0.496 e. The van der Waals surface area contributed by atoms with Gasteiger partial charge in [0.2, 0.25) is 0 Å². The van der Waals surface area contributed by atoms with Crippen LogP contribution in [0.3, 0.4) is 0 Å². The summed E-state index contributed by atoms with van der Waals surface area (Å²) < 4.78 is 11.4. The van der Waals surface area contributed by atoms with E-state index < -0.39 is 0 Å². The van der Waals surface area contributed by atoms with Crippen LogP contribution in [0.4, 0.5) is 0 Å². The van der Waals surface area contributed by atoms with E-state index in [9.17, 15) is 0 Å². The first-order valence-electron chi connectivity index (χ1n) is 9.10. The molecule has 1 aromatic carbocycles. The lowest BCUT2D eigenvalue weighted by atomic mass is 10.2. The predicted molar refractivity (Wildman–Crippen MR) is 121 cm³/mol. The summed E-state index contributed by atoms with van der Waals surface area (Å²) in [5.74, 6) is 1.81. The van der Waals surface area contributed by atoms with Gasteiger partial charge in [-0.3, -0.25) is 0 Å². The van der Waals surface area contributed by atoms with Gasteiger partial charge in [0.25, 0.3) is 11.1 Å². The van der Waals surface area contributed by atoms with Crippen LogP contribution in [0, 0.1) is 13.8 Å². The Hall–Kier alpha value is -2.75. The van der Waals surface area contributed by atoms with Crippen molar-refractivity contribution in [2.75, 3.05) is 7.11 Å². The number of hydrogen-bond donors (Lipinski definition) is 0. The second-order valence-corrected chi connectivity index (χ2v) is 9.56. The molecule has 0 N–H and O–H groups in total. The molecule has 0 aliphatic rings. The number of fused-ring (bicyclic) bond motifs is 1. The molecule has 0 unspecified atom stereocenters. The molecule has 0 aliphatic heterocycles. The summed E-state index contributed by atoms with van der Waals surface area (Å²) in [6.07, 6.45) is 0. The number of rotatable bonds is 5. The summed E-state index contributed by atoms with van der Waals surface area (Å²) in [6.45, 7) is 4.20. The first kappa shape index (κ1) is 19.2. The SMILES string of the molecule is COc1ccccc1-c1nnc(Sc2nc(-c3cccs3)nc3sc(C)c(C)c23)o1. The summed E-state index contributed by atoms with van der Waals surface area (Å²) in [5.41, 5.74) is 1.94. The number of para-hydroxylation sites is 1. The van der Waals surface area contributed by atoms with Crippen LogP contribution in [0.1, 0.15) is 10.4 Å². The molecule has 9 heteroatoms. The Morgan fingerprint density at radius 1 is 1.03 bits per heavy atom. The zero-order valence-electron chi connectivity index (χ0n) is 16.4. The normalized spacial score (nSPS) is 11.3. The van der Waals surface area contributed by atoms with Crippen LogP contribution in [-0.2, 0) is 0 Å². The lowest BCUT2D eigenvalue weighted by Crippen LogP contribution is -1.91. The molecule has 4 heterocycles. The van der Waals surface area contributed by atoms with Gasteiger partial charge in [-0.25, -0.2) is 9.97 Å². The van der Waals surface area contributed by atoms with Crippen molar-refractivity contribution in [1.82, 2.24) is 20.2 Å². The summed E-state index contributed by atoms with van der Waals surface area (Å²) in [4.78, 5) is 12.9. The molecule has 30 heavy (non-hydrogen) atoms. The summed E-state index contributed by atoms with van der Waals surface area (Å²) >= 11 is 4.66. The number of benzene rings is 1. The Kier molecular flexibility index (Phi) is 5.01. The highest BCUT2D eigenvalue weighted by atomic mass is 32.2. The second-order valence-electron chi connectivity index (χ2n) is 6.47. The third-order valence-electron chi connectivity index (χ3n) is 4.66. The highest BCUT2D eigenvalue weighted by molar-refractivity contribution is 7.99. The van der Waals surface area contributed by atoms with Crippen LogP contribution in [0.15, 0.2) is 56.4 Å². The summed E-state index contributed by atoms with van der Waals surface area (Å²) in [5, 5.41) is 12.8. The van der Waals surface area contributed by atoms with Gasteiger partial charge in [0.05, 0.1) is 17.6 Å². The van der Waals surface area contributed by atoms with Gasteiger partial charge in [-0.2, -0.15) is 0 Å². The molecular weight excluding hydrogens is 436 g/mol. The van der Waals surface area contributed by atoms with E-state index in [0.29, 0.717) is 22.7 Å². The molecule has 0 aliphatic carbocycles. The number of methoxy groups -OCH3 is 1. The standard InChI is InChI=1S/C21H16N4O2S3/c1-11-12(2)29-19-16(11)20(23-17(22-19)15-9-6-10-28-15)30-21-25-24-18(27-21)13-7-4-5-8-14(13)26-3/h4-10H,1-3H3. The van der Waals surface area contributed by atoms with Crippen LogP contribution in [0.2, 0.25) is 0 Å². The highest BCUT2D eigenvalue weighted by Gasteiger charge is 2.20. The van der Waals surface area contributed by atoms with Gasteiger partial charge >= 0.3 is 0 Å². The van der Waals surface area contributed by atoms with E-state index in [0.717, 1.165) is 25.7 Å². The van der Waals surface area contributed by atoms with Crippen LogP contribution in [-0.4, -0.2) is 27.3 Å². The van der Waals surface area contributed by atoms with Crippen molar-refractivity contribution in [3.05, 3.63) is 52.2 Å². The molecule has 150 valence electrons. The maximum absolute atomic E-state index is 5.95. The molecule has 0 spiro atoms. The number of nitrogens with zero attached hydrogens (tertiary/aromatic N) is 4. The van der Waals surface area contributed by atoms with Crippen LogP contribution < -0.4 is 4.74 Å². The number of aromatic nitrogens is 4. The van der Waals surface area contributed by atoms with Gasteiger partial charge in [-0.05, 0) is 54.8 Å². The smallest absolute Gasteiger partial charge is 0.283 e. The van der Waals surface area contributed by atoms with Crippen LogP contribution in [0.25, 0.3) is 32.4 Å². The minimum Gasteiger partial charge on any atom is -0.496 e. The molecule has 0 amide bonds. The lowest BCUT2D eigenvalue weighted by molar-refractivity contribution is 0.411. The molecule has 5 aromatic rings. The zero-order valence-corrected chi connectivity index (χ0v) is 18.8. The van der Waals surface area contributed by atoms with Gasteiger partial charge in [0.15, 0.2) is 5.82 Å². The third-order valence-corrected chi connectivity index (χ3v) is 7.46. The Labute approximate surface area is 185 Å². The van der Waals surface area contributed by atoms with Crippen molar-refractivity contribution in [2.45, 2.75) is 24.1 Å². The number of thiophene rings is 2. The van der Waals surface area contributed by atoms with Gasteiger partial charge in [0, 0.05) is 10.3 Å². The van der Waals surface area contributed by atoms with E-state index in [-0.39, 0.29) is 0 Å². The van der Waals surface area contributed by atoms with Crippen LogP contribution >= 0.6 is 34.4 Å². The predicted octanol–water partition coefficient (Wildman–Crippen LogP) is 6.25. The molecule has 0 atom stereocenters. The lowest BCUT2D eigenvalue weighted by Gasteiger charge is -2.04. The number of ether oxygens (including phenoxy) is 1. The van der Waals surface area contributed by atoms with Gasteiger partial charge in [-0.15, -0.1) is 32.9 Å². The van der Waals surface area contributed by atoms with Crippen molar-refractivity contribution >= 4 is 44.7 Å². The molecule has 0 radical (unpaired) electrons. The minimum atomic E-state index is 0.414. The van der Waals surface area contributed by atoms with Gasteiger partial charge < -0.3 is 9.15 Å². The van der Waals surface area contributed by atoms with Crippen molar-refractivity contribution in [3.8, 4) is 27.9 Å². The fraction of sp³-hybridized carbons (Fsp3) is 0.143. The van der Waals surface area contributed by atoms with Crippen molar-refractivity contribution in [1.29, 1.82) is 0 Å². The van der Waals surface area contributed by atoms with E-state index in [1.807, 2.05) is 41.8 Å². The average molecular weight is 453 g/mol. The third kappa shape index (κ3) is 3.38. The summed E-state index contributed by atoms with van der Waals surface area (Å²) in [7, 11) is 1.62. The van der Waals surface area contributed by atoms with E-state index in [1.54, 1.807) is 29.8 Å². The van der Waals surface area contributed by atoms with Gasteiger partial charge in [-0.1, -0.05) is 18.2 Å². The van der Waals surface area contributed by atoms with E-state index in [2.05, 4.69) is 24.0 Å². The Bertz CT molecular complexity index is 1340.